The van der Waals surface area contributed by atoms with Gasteiger partial charge in [-0.3, -0.25) is 19.5 Å². The second-order valence-electron chi connectivity index (χ2n) is 6.33. The van der Waals surface area contributed by atoms with Crippen LogP contribution in [0.1, 0.15) is 23.8 Å². The van der Waals surface area contributed by atoms with Gasteiger partial charge < -0.3 is 5.73 Å². The van der Waals surface area contributed by atoms with Crippen LogP contribution in [-0.4, -0.2) is 27.2 Å². The number of aromatic nitrogens is 2. The lowest BCUT2D eigenvalue weighted by molar-refractivity contribution is -0.117. The number of aryl methyl sites for hydroxylation is 1. The molecule has 9 heteroatoms. The number of nitrogens with zero attached hydrogens (tertiary/aromatic N) is 2. The molecule has 3 N–H and O–H groups in total. The van der Waals surface area contributed by atoms with Crippen molar-refractivity contribution in [3.8, 4) is 0 Å². The first-order valence-corrected chi connectivity index (χ1v) is 10.1. The van der Waals surface area contributed by atoms with Gasteiger partial charge in [0.05, 0.1) is 11.1 Å². The average molecular weight is 393 g/mol. The number of imide groups is 1. The van der Waals surface area contributed by atoms with Gasteiger partial charge in [0.1, 0.15) is 4.83 Å². The van der Waals surface area contributed by atoms with Crippen LogP contribution in [0.4, 0.5) is 4.79 Å². The molecule has 3 amide bonds. The summed E-state index contributed by atoms with van der Waals surface area (Å²) in [4.78, 5) is 42.1. The van der Waals surface area contributed by atoms with Gasteiger partial charge >= 0.3 is 6.03 Å². The first-order valence-electron chi connectivity index (χ1n) is 8.28. The van der Waals surface area contributed by atoms with Crippen molar-refractivity contribution < 1.29 is 9.59 Å². The lowest BCUT2D eigenvalue weighted by Crippen LogP contribution is -2.36. The van der Waals surface area contributed by atoms with E-state index < -0.39 is 11.9 Å². The summed E-state index contributed by atoms with van der Waals surface area (Å²) < 4.78 is 1.53. The molecule has 7 nitrogen and oxygen atoms in total. The van der Waals surface area contributed by atoms with Crippen molar-refractivity contribution >= 4 is 45.3 Å². The number of thiophene rings is 1. The monoisotopic (exact) mass is 392 g/mol. The van der Waals surface area contributed by atoms with Crippen LogP contribution in [0.25, 0.3) is 10.2 Å². The van der Waals surface area contributed by atoms with Gasteiger partial charge in [0.15, 0.2) is 5.16 Å². The van der Waals surface area contributed by atoms with Crippen LogP contribution >= 0.6 is 23.1 Å². The highest BCUT2D eigenvalue weighted by Gasteiger charge is 2.24. The Bertz CT molecular complexity index is 948. The van der Waals surface area contributed by atoms with Crippen molar-refractivity contribution in [3.63, 3.8) is 0 Å². The summed E-state index contributed by atoms with van der Waals surface area (Å²) in [5, 5.41) is 3.14. The van der Waals surface area contributed by atoms with E-state index in [-0.39, 0.29) is 11.3 Å². The van der Waals surface area contributed by atoms with Crippen molar-refractivity contribution in [2.45, 2.75) is 37.9 Å². The third kappa shape index (κ3) is 3.68. The number of hydrogen-bond donors (Lipinski definition) is 2. The molecule has 2 aromatic rings. The predicted molar refractivity (Wildman–Crippen MR) is 104 cm³/mol. The molecule has 0 saturated carbocycles. The van der Waals surface area contributed by atoms with E-state index in [4.69, 9.17) is 5.73 Å². The Morgan fingerprint density at radius 3 is 3.00 bits per heavy atom. The first-order chi connectivity index (χ1) is 12.4. The van der Waals surface area contributed by atoms with Gasteiger partial charge in [-0.25, -0.2) is 9.78 Å². The average Bonchev–Trinajstić information content (AvgIpc) is 2.92. The molecule has 0 bridgehead atoms. The van der Waals surface area contributed by atoms with Crippen molar-refractivity contribution in [3.05, 3.63) is 33.4 Å². The predicted octanol–water partition coefficient (Wildman–Crippen LogP) is 2.06. The third-order valence-corrected chi connectivity index (χ3v) is 6.41. The summed E-state index contributed by atoms with van der Waals surface area (Å²) in [7, 11) is 0. The fraction of sp³-hybridized carbons (Fsp3) is 0.412. The molecule has 0 aromatic carbocycles. The Kier molecular flexibility index (Phi) is 5.47. The largest absolute Gasteiger partial charge is 0.351 e. The Hall–Kier alpha value is -2.13. The molecule has 1 aliphatic carbocycles. The summed E-state index contributed by atoms with van der Waals surface area (Å²) in [5.74, 6) is 0.0266. The molecule has 0 saturated heterocycles. The van der Waals surface area contributed by atoms with Crippen molar-refractivity contribution in [2.24, 2.45) is 11.7 Å². The number of allylic oxidation sites excluding steroid dienone is 1. The van der Waals surface area contributed by atoms with E-state index in [1.807, 2.05) is 5.32 Å². The number of nitrogens with one attached hydrogen (secondary N) is 1. The third-order valence-electron chi connectivity index (χ3n) is 4.29. The fourth-order valence-electron chi connectivity index (χ4n) is 3.11. The number of nitrogens with two attached hydrogens (primary N) is 1. The smallest absolute Gasteiger partial charge is 0.318 e. The molecular formula is C17H20N4O3S2. The first kappa shape index (κ1) is 18.7. The SMILES string of the molecule is C=CCn1c(SCC(=O)NC(N)=O)nc2sc3c(c2c1=O)CC[C@@H](C)C3. The number of urea groups is 1. The van der Waals surface area contributed by atoms with E-state index in [0.29, 0.717) is 27.8 Å². The zero-order valence-corrected chi connectivity index (χ0v) is 16.0. The molecule has 0 radical (unpaired) electrons. The van der Waals surface area contributed by atoms with Crippen LogP contribution in [0.5, 0.6) is 0 Å². The van der Waals surface area contributed by atoms with Gasteiger partial charge in [0, 0.05) is 11.4 Å². The molecule has 0 unspecified atom stereocenters. The van der Waals surface area contributed by atoms with Crippen molar-refractivity contribution in [1.82, 2.24) is 14.9 Å². The molecule has 3 rings (SSSR count). The van der Waals surface area contributed by atoms with Gasteiger partial charge in [-0.1, -0.05) is 24.8 Å². The highest BCUT2D eigenvalue weighted by atomic mass is 32.2. The van der Waals surface area contributed by atoms with E-state index in [0.717, 1.165) is 36.6 Å². The van der Waals surface area contributed by atoms with Gasteiger partial charge in [-0.05, 0) is 30.7 Å². The molecule has 138 valence electrons. The van der Waals surface area contributed by atoms with E-state index in [2.05, 4.69) is 18.5 Å². The quantitative estimate of drug-likeness (QED) is 0.460. The van der Waals surface area contributed by atoms with E-state index in [1.165, 1.54) is 9.44 Å². The number of hydrogen-bond acceptors (Lipinski definition) is 6. The maximum absolute atomic E-state index is 13.1. The standard InChI is InChI=1S/C17H20N4O3S2/c1-3-6-21-15(23)13-10-5-4-9(2)7-11(10)26-14(13)20-17(21)25-8-12(22)19-16(18)24/h3,9H,1,4-8H2,2H3,(H3,18,19,22,24)/t9-/m1/s1. The summed E-state index contributed by atoms with van der Waals surface area (Å²) in [6.07, 6.45) is 4.57. The number of amides is 3. The van der Waals surface area contributed by atoms with Crippen LogP contribution < -0.4 is 16.6 Å². The molecule has 0 aliphatic heterocycles. The number of carbonyl (C=O) groups excluding carboxylic acids is 2. The Balaban J connectivity index is 2.01. The lowest BCUT2D eigenvalue weighted by Gasteiger charge is -2.17. The second kappa shape index (κ2) is 7.63. The van der Waals surface area contributed by atoms with E-state index >= 15 is 0 Å². The van der Waals surface area contributed by atoms with Gasteiger partial charge in [0.2, 0.25) is 5.91 Å². The highest BCUT2D eigenvalue weighted by Crippen LogP contribution is 2.36. The normalized spacial score (nSPS) is 16.3. The minimum Gasteiger partial charge on any atom is -0.351 e. The molecule has 0 fully saturated rings. The minimum atomic E-state index is -0.900. The van der Waals surface area contributed by atoms with Crippen molar-refractivity contribution in [2.75, 3.05) is 5.75 Å². The van der Waals surface area contributed by atoms with Crippen LogP contribution in [0.3, 0.4) is 0 Å². The molecule has 2 aromatic heterocycles. The highest BCUT2D eigenvalue weighted by molar-refractivity contribution is 7.99. The summed E-state index contributed by atoms with van der Waals surface area (Å²) in [5.41, 5.74) is 5.97. The maximum atomic E-state index is 13.1. The maximum Gasteiger partial charge on any atom is 0.318 e. The topological polar surface area (TPSA) is 107 Å². The van der Waals surface area contributed by atoms with Crippen molar-refractivity contribution in [1.29, 1.82) is 0 Å². The summed E-state index contributed by atoms with van der Waals surface area (Å²) in [6, 6.07) is -0.900. The van der Waals surface area contributed by atoms with Crippen LogP contribution in [0.2, 0.25) is 0 Å². The summed E-state index contributed by atoms with van der Waals surface area (Å²) >= 11 is 2.67. The van der Waals surface area contributed by atoms with Gasteiger partial charge in [-0.15, -0.1) is 17.9 Å². The molecule has 0 spiro atoms. The van der Waals surface area contributed by atoms with Gasteiger partial charge in [0.25, 0.3) is 5.56 Å². The van der Waals surface area contributed by atoms with E-state index in [1.54, 1.807) is 17.4 Å². The molecule has 1 aliphatic rings. The Morgan fingerprint density at radius 2 is 2.31 bits per heavy atom. The number of rotatable bonds is 5. The molecule has 1 atom stereocenters. The zero-order chi connectivity index (χ0) is 18.8. The Labute approximate surface area is 158 Å². The number of fused-ring (bicyclic) bond motifs is 3. The number of primary amides is 1. The second-order valence-corrected chi connectivity index (χ2v) is 8.36. The minimum absolute atomic E-state index is 0.0554. The summed E-state index contributed by atoms with van der Waals surface area (Å²) in [6.45, 7) is 6.23. The number of thioether (sulfide) groups is 1. The van der Waals surface area contributed by atoms with Crippen LogP contribution in [0.15, 0.2) is 22.6 Å². The van der Waals surface area contributed by atoms with E-state index in [9.17, 15) is 14.4 Å². The molecule has 2 heterocycles. The lowest BCUT2D eigenvalue weighted by atomic mass is 9.89. The zero-order valence-electron chi connectivity index (χ0n) is 14.4. The fourth-order valence-corrected chi connectivity index (χ4v) is 5.34. The Morgan fingerprint density at radius 1 is 1.54 bits per heavy atom. The van der Waals surface area contributed by atoms with Gasteiger partial charge in [-0.2, -0.15) is 0 Å². The molecule has 26 heavy (non-hydrogen) atoms. The van der Waals surface area contributed by atoms with Crippen LogP contribution in [-0.2, 0) is 24.2 Å². The van der Waals surface area contributed by atoms with Crippen LogP contribution in [0, 0.1) is 5.92 Å². The molecular weight excluding hydrogens is 372 g/mol. The number of carbonyl (C=O) groups is 2.